The van der Waals surface area contributed by atoms with Crippen molar-refractivity contribution < 1.29 is 14.3 Å². The average molecular weight is 388 g/mol. The number of carbonyl (C=O) groups excluding carboxylic acids is 1. The van der Waals surface area contributed by atoms with Crippen LogP contribution in [0.15, 0.2) is 67.2 Å². The van der Waals surface area contributed by atoms with Crippen LogP contribution in [0.25, 0.3) is 5.57 Å². The number of methoxy groups -OCH3 is 2. The number of allylic oxidation sites excluding steroid dienone is 1. The fraction of sp³-hybridized carbons (Fsp3) is 0.125. The second-order valence-corrected chi connectivity index (χ2v) is 6.59. The Morgan fingerprint density at radius 2 is 1.31 bits per heavy atom. The van der Waals surface area contributed by atoms with Gasteiger partial charge < -0.3 is 20.1 Å². The van der Waals surface area contributed by atoms with Gasteiger partial charge in [-0.15, -0.1) is 0 Å². The molecule has 0 aliphatic carbocycles. The van der Waals surface area contributed by atoms with Crippen LogP contribution in [0.4, 0.5) is 22.7 Å². The SMILES string of the molecule is C=C(C)c1cc(Nc2ccc(OC)cc2)c(C=O)cc1Nc1ccc(OC)cc1. The maximum atomic E-state index is 11.8. The lowest BCUT2D eigenvalue weighted by Gasteiger charge is -2.17. The minimum Gasteiger partial charge on any atom is -0.497 e. The second-order valence-electron chi connectivity index (χ2n) is 6.59. The van der Waals surface area contributed by atoms with Crippen molar-refractivity contribution in [2.24, 2.45) is 0 Å². The third-order valence-corrected chi connectivity index (χ3v) is 4.51. The van der Waals surface area contributed by atoms with E-state index in [9.17, 15) is 4.79 Å². The summed E-state index contributed by atoms with van der Waals surface area (Å²) in [5.74, 6) is 1.55. The molecule has 0 unspecified atom stereocenters. The first-order valence-electron chi connectivity index (χ1n) is 9.15. The molecule has 148 valence electrons. The maximum absolute atomic E-state index is 11.8. The van der Waals surface area contributed by atoms with Crippen molar-refractivity contribution in [3.05, 3.63) is 78.4 Å². The third kappa shape index (κ3) is 4.76. The van der Waals surface area contributed by atoms with Gasteiger partial charge in [-0.05, 0) is 73.2 Å². The predicted octanol–water partition coefficient (Wildman–Crippen LogP) is 6.04. The van der Waals surface area contributed by atoms with E-state index < -0.39 is 0 Å². The van der Waals surface area contributed by atoms with E-state index in [1.807, 2.05) is 67.6 Å². The molecule has 29 heavy (non-hydrogen) atoms. The first-order valence-corrected chi connectivity index (χ1v) is 9.15. The molecule has 0 aliphatic rings. The molecule has 0 radical (unpaired) electrons. The zero-order valence-electron chi connectivity index (χ0n) is 16.8. The van der Waals surface area contributed by atoms with Crippen molar-refractivity contribution in [1.82, 2.24) is 0 Å². The number of aldehydes is 1. The normalized spacial score (nSPS) is 10.2. The van der Waals surface area contributed by atoms with Crippen LogP contribution in [-0.2, 0) is 0 Å². The van der Waals surface area contributed by atoms with Crippen LogP contribution in [0, 0.1) is 0 Å². The lowest BCUT2D eigenvalue weighted by atomic mass is 10.0. The Morgan fingerprint density at radius 3 is 1.72 bits per heavy atom. The highest BCUT2D eigenvalue weighted by Crippen LogP contribution is 2.33. The minimum absolute atomic E-state index is 0.543. The standard InChI is InChI=1S/C24H24N2O3/c1-16(2)22-14-23(25-18-5-9-20(28-3)10-6-18)17(15-27)13-24(22)26-19-7-11-21(29-4)12-8-19/h5-15,25-26H,1H2,2-4H3. The van der Waals surface area contributed by atoms with Gasteiger partial charge in [-0.3, -0.25) is 4.79 Å². The van der Waals surface area contributed by atoms with Crippen LogP contribution >= 0.6 is 0 Å². The number of carbonyl (C=O) groups is 1. The Labute approximate surface area is 171 Å². The molecule has 0 aliphatic heterocycles. The molecule has 0 amide bonds. The molecule has 5 heteroatoms. The third-order valence-electron chi connectivity index (χ3n) is 4.51. The number of hydrogen-bond acceptors (Lipinski definition) is 5. The summed E-state index contributed by atoms with van der Waals surface area (Å²) in [7, 11) is 3.26. The largest absolute Gasteiger partial charge is 0.497 e. The van der Waals surface area contributed by atoms with Gasteiger partial charge in [0.25, 0.3) is 0 Å². The molecule has 0 heterocycles. The van der Waals surface area contributed by atoms with Gasteiger partial charge in [0.2, 0.25) is 0 Å². The Kier molecular flexibility index (Phi) is 6.19. The van der Waals surface area contributed by atoms with E-state index in [4.69, 9.17) is 9.47 Å². The molecular weight excluding hydrogens is 364 g/mol. The molecule has 5 nitrogen and oxygen atoms in total. The lowest BCUT2D eigenvalue weighted by molar-refractivity contribution is 0.112. The van der Waals surface area contributed by atoms with E-state index in [-0.39, 0.29) is 0 Å². The molecule has 3 aromatic carbocycles. The number of hydrogen-bond donors (Lipinski definition) is 2. The maximum Gasteiger partial charge on any atom is 0.152 e. The van der Waals surface area contributed by atoms with Crippen molar-refractivity contribution in [1.29, 1.82) is 0 Å². The summed E-state index contributed by atoms with van der Waals surface area (Å²) < 4.78 is 10.4. The van der Waals surface area contributed by atoms with Gasteiger partial charge in [-0.25, -0.2) is 0 Å². The molecule has 0 aromatic heterocycles. The minimum atomic E-state index is 0.543. The van der Waals surface area contributed by atoms with Crippen LogP contribution in [0.5, 0.6) is 11.5 Å². The molecule has 2 N–H and O–H groups in total. The fourth-order valence-corrected chi connectivity index (χ4v) is 2.94. The second kappa shape index (κ2) is 8.97. The van der Waals surface area contributed by atoms with Crippen LogP contribution in [0.2, 0.25) is 0 Å². The number of benzene rings is 3. The van der Waals surface area contributed by atoms with Gasteiger partial charge >= 0.3 is 0 Å². The van der Waals surface area contributed by atoms with Gasteiger partial charge in [-0.1, -0.05) is 6.58 Å². The summed E-state index contributed by atoms with van der Waals surface area (Å²) in [6.07, 6.45) is 0.841. The van der Waals surface area contributed by atoms with Crippen LogP contribution in [0.1, 0.15) is 22.8 Å². The summed E-state index contributed by atoms with van der Waals surface area (Å²) in [5, 5.41) is 6.67. The molecule has 0 atom stereocenters. The monoisotopic (exact) mass is 388 g/mol. The predicted molar refractivity (Wildman–Crippen MR) is 119 cm³/mol. The quantitative estimate of drug-likeness (QED) is 0.461. The average Bonchev–Trinajstić information content (AvgIpc) is 2.75. The molecule has 3 aromatic rings. The van der Waals surface area contributed by atoms with Gasteiger partial charge in [-0.2, -0.15) is 0 Å². The number of rotatable bonds is 8. The Morgan fingerprint density at radius 1 is 0.828 bits per heavy atom. The van der Waals surface area contributed by atoms with Crippen molar-refractivity contribution in [2.75, 3.05) is 24.9 Å². The molecule has 0 bridgehead atoms. The van der Waals surface area contributed by atoms with E-state index in [0.29, 0.717) is 11.3 Å². The van der Waals surface area contributed by atoms with Crippen molar-refractivity contribution >= 4 is 34.6 Å². The first kappa shape index (κ1) is 20.0. The van der Waals surface area contributed by atoms with Crippen LogP contribution < -0.4 is 20.1 Å². The highest BCUT2D eigenvalue weighted by Gasteiger charge is 2.12. The number of ether oxygens (including phenoxy) is 2. The van der Waals surface area contributed by atoms with E-state index in [2.05, 4.69) is 17.2 Å². The molecule has 0 saturated carbocycles. The highest BCUT2D eigenvalue weighted by atomic mass is 16.5. The van der Waals surface area contributed by atoms with E-state index in [1.54, 1.807) is 14.2 Å². The van der Waals surface area contributed by atoms with Gasteiger partial charge in [0.1, 0.15) is 11.5 Å². The van der Waals surface area contributed by atoms with Gasteiger partial charge in [0, 0.05) is 33.9 Å². The summed E-state index contributed by atoms with van der Waals surface area (Å²) in [5.41, 5.74) is 5.62. The molecule has 0 saturated heterocycles. The summed E-state index contributed by atoms with van der Waals surface area (Å²) in [6.45, 7) is 6.03. The van der Waals surface area contributed by atoms with Crippen LogP contribution in [0.3, 0.4) is 0 Å². The molecule has 0 spiro atoms. The summed E-state index contributed by atoms with van der Waals surface area (Å²) in [6, 6.07) is 18.9. The zero-order valence-corrected chi connectivity index (χ0v) is 16.8. The van der Waals surface area contributed by atoms with E-state index in [1.165, 1.54) is 0 Å². The number of nitrogens with one attached hydrogen (secondary N) is 2. The summed E-state index contributed by atoms with van der Waals surface area (Å²) in [4.78, 5) is 11.8. The fourth-order valence-electron chi connectivity index (χ4n) is 2.94. The molecule has 0 fully saturated rings. The smallest absolute Gasteiger partial charge is 0.152 e. The van der Waals surface area contributed by atoms with E-state index >= 15 is 0 Å². The van der Waals surface area contributed by atoms with E-state index in [0.717, 1.165) is 46.0 Å². The van der Waals surface area contributed by atoms with Crippen molar-refractivity contribution in [3.8, 4) is 11.5 Å². The van der Waals surface area contributed by atoms with Crippen LogP contribution in [-0.4, -0.2) is 20.5 Å². The lowest BCUT2D eigenvalue weighted by Crippen LogP contribution is -2.01. The topological polar surface area (TPSA) is 59.6 Å². The van der Waals surface area contributed by atoms with Gasteiger partial charge in [0.15, 0.2) is 6.29 Å². The van der Waals surface area contributed by atoms with Gasteiger partial charge in [0.05, 0.1) is 14.2 Å². The Bertz CT molecular complexity index is 1010. The molecular formula is C24H24N2O3. The Balaban J connectivity index is 1.94. The number of anilines is 4. The van der Waals surface area contributed by atoms with Crippen molar-refractivity contribution in [3.63, 3.8) is 0 Å². The molecule has 3 rings (SSSR count). The zero-order chi connectivity index (χ0) is 20.8. The highest BCUT2D eigenvalue weighted by molar-refractivity contribution is 5.92. The first-order chi connectivity index (χ1) is 14.0. The van der Waals surface area contributed by atoms with Crippen molar-refractivity contribution in [2.45, 2.75) is 6.92 Å². The Hall–Kier alpha value is -3.73. The summed E-state index contributed by atoms with van der Waals surface area (Å²) >= 11 is 0.